The fourth-order valence-corrected chi connectivity index (χ4v) is 2.04. The number of hydrogen-bond donors (Lipinski definition) is 2. The van der Waals surface area contributed by atoms with Crippen molar-refractivity contribution >= 4 is 24.0 Å². The largest absolute Gasteiger partial charge is 0.491 e. The highest BCUT2D eigenvalue weighted by atomic mass is 35.5. The lowest BCUT2D eigenvalue weighted by Crippen LogP contribution is -2.41. The molecule has 0 saturated carbocycles. The van der Waals surface area contributed by atoms with Crippen LogP contribution in [-0.2, 0) is 4.79 Å². The molecule has 4 nitrogen and oxygen atoms in total. The van der Waals surface area contributed by atoms with Crippen LogP contribution in [-0.4, -0.2) is 19.6 Å². The number of anilines is 1. The molecular formula is C14H21ClF2N2O2. The maximum absolute atomic E-state index is 13.6. The molecule has 1 amide bonds. The Hall–Kier alpha value is -1.40. The average molecular weight is 323 g/mol. The van der Waals surface area contributed by atoms with Gasteiger partial charge < -0.3 is 15.8 Å². The van der Waals surface area contributed by atoms with Crippen LogP contribution >= 0.6 is 12.4 Å². The van der Waals surface area contributed by atoms with Crippen molar-refractivity contribution in [2.75, 3.05) is 19.0 Å². The first kappa shape index (κ1) is 19.6. The Morgan fingerprint density at radius 3 is 2.10 bits per heavy atom. The number of carbonyl (C=O) groups excluding carboxylic acids is 1. The van der Waals surface area contributed by atoms with Gasteiger partial charge in [0.15, 0.2) is 17.4 Å². The van der Waals surface area contributed by atoms with E-state index in [-0.39, 0.29) is 30.5 Å². The van der Waals surface area contributed by atoms with E-state index in [2.05, 4.69) is 10.1 Å². The van der Waals surface area contributed by atoms with Crippen molar-refractivity contribution in [3.05, 3.63) is 23.8 Å². The summed E-state index contributed by atoms with van der Waals surface area (Å²) in [6.07, 6.45) is 1.10. The molecule has 0 atom stereocenters. The zero-order chi connectivity index (χ0) is 15.3. The molecule has 0 heterocycles. The normalized spacial score (nSPS) is 10.8. The Kier molecular flexibility index (Phi) is 7.60. The summed E-state index contributed by atoms with van der Waals surface area (Å²) in [4.78, 5) is 12.2. The Balaban J connectivity index is 0.00000400. The van der Waals surface area contributed by atoms with Crippen molar-refractivity contribution in [3.63, 3.8) is 0 Å². The lowest BCUT2D eigenvalue weighted by atomic mass is 9.81. The molecule has 1 aromatic rings. The van der Waals surface area contributed by atoms with Gasteiger partial charge in [0.1, 0.15) is 0 Å². The molecule has 0 radical (unpaired) electrons. The first-order valence-corrected chi connectivity index (χ1v) is 6.48. The number of nitrogens with one attached hydrogen (secondary N) is 1. The summed E-state index contributed by atoms with van der Waals surface area (Å²) < 4.78 is 31.7. The van der Waals surface area contributed by atoms with Crippen LogP contribution in [0.15, 0.2) is 12.1 Å². The summed E-state index contributed by atoms with van der Waals surface area (Å²) in [6.45, 7) is 3.88. The minimum absolute atomic E-state index is 0. The number of amides is 1. The highest BCUT2D eigenvalue weighted by Gasteiger charge is 2.33. The van der Waals surface area contributed by atoms with Crippen molar-refractivity contribution in [2.45, 2.75) is 26.7 Å². The van der Waals surface area contributed by atoms with Gasteiger partial charge in [-0.1, -0.05) is 13.8 Å². The molecule has 120 valence electrons. The van der Waals surface area contributed by atoms with Gasteiger partial charge in [-0.2, -0.15) is 0 Å². The van der Waals surface area contributed by atoms with E-state index >= 15 is 0 Å². The van der Waals surface area contributed by atoms with Gasteiger partial charge in [-0.3, -0.25) is 4.79 Å². The molecule has 3 N–H and O–H groups in total. The Morgan fingerprint density at radius 1 is 1.29 bits per heavy atom. The van der Waals surface area contributed by atoms with Gasteiger partial charge in [-0.15, -0.1) is 12.4 Å². The molecule has 0 aromatic heterocycles. The number of carbonyl (C=O) groups is 1. The summed E-state index contributed by atoms with van der Waals surface area (Å²) in [5.74, 6) is -2.55. The number of ether oxygens (including phenoxy) is 1. The minimum atomic E-state index is -0.867. The number of halogens is 3. The summed E-state index contributed by atoms with van der Waals surface area (Å²) >= 11 is 0. The number of nitrogens with two attached hydrogens (primary N) is 1. The average Bonchev–Trinajstić information content (AvgIpc) is 2.41. The van der Waals surface area contributed by atoms with Gasteiger partial charge in [0, 0.05) is 24.4 Å². The lowest BCUT2D eigenvalue weighted by Gasteiger charge is -2.28. The van der Waals surface area contributed by atoms with E-state index in [9.17, 15) is 13.6 Å². The second kappa shape index (κ2) is 8.14. The number of benzene rings is 1. The maximum atomic E-state index is 13.6. The van der Waals surface area contributed by atoms with E-state index in [1.165, 1.54) is 7.11 Å². The quantitative estimate of drug-likeness (QED) is 0.846. The number of hydrogen-bond acceptors (Lipinski definition) is 3. The predicted molar refractivity (Wildman–Crippen MR) is 80.9 cm³/mol. The summed E-state index contributed by atoms with van der Waals surface area (Å²) in [7, 11) is 1.17. The Bertz CT molecular complexity index is 463. The van der Waals surface area contributed by atoms with Gasteiger partial charge in [0.2, 0.25) is 5.91 Å². The van der Waals surface area contributed by atoms with Gasteiger partial charge in [0.05, 0.1) is 12.5 Å². The van der Waals surface area contributed by atoms with Crippen molar-refractivity contribution < 1.29 is 18.3 Å². The third kappa shape index (κ3) is 4.04. The van der Waals surface area contributed by atoms with Crippen molar-refractivity contribution in [3.8, 4) is 5.75 Å². The minimum Gasteiger partial charge on any atom is -0.491 e. The smallest absolute Gasteiger partial charge is 0.231 e. The molecule has 0 aliphatic heterocycles. The topological polar surface area (TPSA) is 64.4 Å². The van der Waals surface area contributed by atoms with Crippen LogP contribution in [0, 0.1) is 17.0 Å². The molecule has 0 bridgehead atoms. The molecule has 0 unspecified atom stereocenters. The third-order valence-corrected chi connectivity index (χ3v) is 3.69. The monoisotopic (exact) mass is 322 g/mol. The van der Waals surface area contributed by atoms with Crippen molar-refractivity contribution in [1.29, 1.82) is 0 Å². The lowest BCUT2D eigenvalue weighted by molar-refractivity contribution is -0.125. The van der Waals surface area contributed by atoms with E-state index in [0.29, 0.717) is 12.8 Å². The zero-order valence-electron chi connectivity index (χ0n) is 12.3. The fourth-order valence-electron chi connectivity index (χ4n) is 2.04. The molecule has 0 aliphatic carbocycles. The zero-order valence-corrected chi connectivity index (χ0v) is 13.2. The molecule has 1 aromatic carbocycles. The van der Waals surface area contributed by atoms with Crippen molar-refractivity contribution in [1.82, 2.24) is 0 Å². The first-order valence-electron chi connectivity index (χ1n) is 6.48. The van der Waals surface area contributed by atoms with Gasteiger partial charge in [-0.05, 0) is 12.8 Å². The highest BCUT2D eigenvalue weighted by Crippen LogP contribution is 2.29. The summed E-state index contributed by atoms with van der Waals surface area (Å²) in [5, 5.41) is 2.51. The van der Waals surface area contributed by atoms with Crippen molar-refractivity contribution in [2.24, 2.45) is 11.1 Å². The summed E-state index contributed by atoms with van der Waals surface area (Å²) in [5.41, 5.74) is 4.98. The van der Waals surface area contributed by atoms with E-state index in [1.54, 1.807) is 0 Å². The van der Waals surface area contributed by atoms with Crippen LogP contribution in [0.5, 0.6) is 5.75 Å². The molecule has 0 fully saturated rings. The highest BCUT2D eigenvalue weighted by molar-refractivity contribution is 5.95. The van der Waals surface area contributed by atoms with E-state index in [1.807, 2.05) is 13.8 Å². The van der Waals surface area contributed by atoms with E-state index in [0.717, 1.165) is 12.1 Å². The number of rotatable bonds is 6. The van der Waals surface area contributed by atoms with Crippen LogP contribution in [0.3, 0.4) is 0 Å². The van der Waals surface area contributed by atoms with Crippen LogP contribution in [0.25, 0.3) is 0 Å². The maximum Gasteiger partial charge on any atom is 0.231 e. The molecule has 21 heavy (non-hydrogen) atoms. The number of methoxy groups -OCH3 is 1. The second-order valence-electron chi connectivity index (χ2n) is 4.62. The molecule has 0 spiro atoms. The second-order valence-corrected chi connectivity index (χ2v) is 4.62. The van der Waals surface area contributed by atoms with Gasteiger partial charge in [-0.25, -0.2) is 8.78 Å². The fraction of sp³-hybridized carbons (Fsp3) is 0.500. The predicted octanol–water partition coefficient (Wildman–Crippen LogP) is 3.10. The Labute approximate surface area is 129 Å². The molecule has 0 saturated heterocycles. The standard InChI is InChI=1S/C14H20F2N2O2.ClH/c1-4-14(5-2,8-17)13(19)18-9-6-10(15)12(20-3)11(16)7-9;/h6-7H,4-5,8,17H2,1-3H3,(H,18,19);1H. The van der Waals surface area contributed by atoms with E-state index < -0.39 is 22.8 Å². The SMILES string of the molecule is CCC(CC)(CN)C(=O)Nc1cc(F)c(OC)c(F)c1.Cl. The van der Waals surface area contributed by atoms with Gasteiger partial charge >= 0.3 is 0 Å². The molecule has 0 aliphatic rings. The molecular weight excluding hydrogens is 302 g/mol. The van der Waals surface area contributed by atoms with Crippen LogP contribution in [0.1, 0.15) is 26.7 Å². The van der Waals surface area contributed by atoms with Crippen LogP contribution in [0.4, 0.5) is 14.5 Å². The van der Waals surface area contributed by atoms with Gasteiger partial charge in [0.25, 0.3) is 0 Å². The first-order chi connectivity index (χ1) is 9.43. The van der Waals surface area contributed by atoms with Crippen LogP contribution in [0.2, 0.25) is 0 Å². The molecule has 7 heteroatoms. The Morgan fingerprint density at radius 2 is 1.76 bits per heavy atom. The van der Waals surface area contributed by atoms with Crippen LogP contribution < -0.4 is 15.8 Å². The van der Waals surface area contributed by atoms with E-state index in [4.69, 9.17) is 5.73 Å². The summed E-state index contributed by atoms with van der Waals surface area (Å²) in [6, 6.07) is 2.04. The third-order valence-electron chi connectivity index (χ3n) is 3.69. The molecule has 1 rings (SSSR count).